The van der Waals surface area contributed by atoms with Gasteiger partial charge in [0.1, 0.15) is 10.1 Å². The number of hydrogen-bond donors (Lipinski definition) is 2. The number of thioether (sulfide) groups is 1. The average Bonchev–Trinajstić information content (AvgIpc) is 3.03. The van der Waals surface area contributed by atoms with Crippen molar-refractivity contribution in [2.75, 3.05) is 18.5 Å². The van der Waals surface area contributed by atoms with Crippen molar-refractivity contribution in [3.63, 3.8) is 0 Å². The molecule has 2 N–H and O–H groups in total. The molecule has 0 aliphatic carbocycles. The number of halogens is 3. The first-order valence-corrected chi connectivity index (χ1v) is 10.9. The highest BCUT2D eigenvalue weighted by atomic mass is 32.2. The molecule has 2 aromatic carbocycles. The molecule has 0 radical (unpaired) electrons. The Balaban J connectivity index is 1.55. The van der Waals surface area contributed by atoms with Crippen molar-refractivity contribution in [3.8, 4) is 5.75 Å². The first-order chi connectivity index (χ1) is 16.0. The average molecular weight is 511 g/mol. The van der Waals surface area contributed by atoms with Gasteiger partial charge in [-0.25, -0.2) is 0 Å². The van der Waals surface area contributed by atoms with Crippen LogP contribution in [0.1, 0.15) is 17.5 Å². The summed E-state index contributed by atoms with van der Waals surface area (Å²) in [5, 5.41) is 11.1. The SMILES string of the molecule is O=C(O)CCN1C(=O)C(=Cc2ccc(OCC(=O)Nc3cccc(C(F)(F)F)c3)cc2)SC1=S. The molecule has 0 spiro atoms. The van der Waals surface area contributed by atoms with Gasteiger partial charge in [-0.3, -0.25) is 19.3 Å². The Morgan fingerprint density at radius 3 is 2.53 bits per heavy atom. The molecule has 0 aromatic heterocycles. The van der Waals surface area contributed by atoms with Gasteiger partial charge in [0.25, 0.3) is 11.8 Å². The van der Waals surface area contributed by atoms with E-state index in [9.17, 15) is 27.6 Å². The first-order valence-electron chi connectivity index (χ1n) is 9.70. The van der Waals surface area contributed by atoms with Gasteiger partial charge in [-0.1, -0.05) is 42.2 Å². The summed E-state index contributed by atoms with van der Waals surface area (Å²) in [6.07, 6.45) is -3.13. The van der Waals surface area contributed by atoms with Crippen molar-refractivity contribution >= 4 is 57.8 Å². The maximum absolute atomic E-state index is 12.8. The van der Waals surface area contributed by atoms with Gasteiger partial charge in [0.2, 0.25) is 0 Å². The smallest absolute Gasteiger partial charge is 0.416 e. The lowest BCUT2D eigenvalue weighted by atomic mass is 10.2. The Bertz CT molecular complexity index is 1150. The van der Waals surface area contributed by atoms with Crippen LogP contribution in [0.5, 0.6) is 5.75 Å². The Morgan fingerprint density at radius 2 is 1.88 bits per heavy atom. The molecule has 0 saturated carbocycles. The predicted molar refractivity (Wildman–Crippen MR) is 124 cm³/mol. The molecule has 1 aliphatic rings. The monoisotopic (exact) mass is 510 g/mol. The number of carbonyl (C=O) groups excluding carboxylic acids is 2. The number of thiocarbonyl (C=S) groups is 1. The fourth-order valence-corrected chi connectivity index (χ4v) is 4.14. The molecule has 34 heavy (non-hydrogen) atoms. The number of amides is 2. The van der Waals surface area contributed by atoms with Gasteiger partial charge in [0, 0.05) is 12.2 Å². The summed E-state index contributed by atoms with van der Waals surface area (Å²) >= 11 is 6.21. The summed E-state index contributed by atoms with van der Waals surface area (Å²) in [7, 11) is 0. The summed E-state index contributed by atoms with van der Waals surface area (Å²) in [5.41, 5.74) is -0.223. The Labute approximate surface area is 201 Å². The Morgan fingerprint density at radius 1 is 1.18 bits per heavy atom. The fraction of sp³-hybridized carbons (Fsp3) is 0.182. The van der Waals surface area contributed by atoms with Crippen LogP contribution in [0, 0.1) is 0 Å². The summed E-state index contributed by atoms with van der Waals surface area (Å²) in [6, 6.07) is 10.7. The van der Waals surface area contributed by atoms with Gasteiger partial charge >= 0.3 is 12.1 Å². The van der Waals surface area contributed by atoms with E-state index in [1.165, 1.54) is 17.0 Å². The molecule has 1 saturated heterocycles. The normalized spacial score (nSPS) is 15.0. The number of carbonyl (C=O) groups is 3. The number of alkyl halides is 3. The number of rotatable bonds is 8. The minimum Gasteiger partial charge on any atom is -0.484 e. The lowest BCUT2D eigenvalue weighted by molar-refractivity contribution is -0.138. The molecule has 2 aromatic rings. The molecule has 0 bridgehead atoms. The summed E-state index contributed by atoms with van der Waals surface area (Å²) in [6.45, 7) is -0.426. The van der Waals surface area contributed by atoms with Crippen LogP contribution >= 0.6 is 24.0 Å². The van der Waals surface area contributed by atoms with Crippen molar-refractivity contribution in [1.29, 1.82) is 0 Å². The molecular formula is C22H17F3N2O5S2. The van der Waals surface area contributed by atoms with Gasteiger partial charge in [-0.15, -0.1) is 0 Å². The van der Waals surface area contributed by atoms with Gasteiger partial charge < -0.3 is 15.2 Å². The van der Waals surface area contributed by atoms with E-state index in [4.69, 9.17) is 22.1 Å². The Kier molecular flexibility index (Phi) is 7.94. The highest BCUT2D eigenvalue weighted by molar-refractivity contribution is 8.26. The molecule has 0 unspecified atom stereocenters. The van der Waals surface area contributed by atoms with Crippen LogP contribution in [-0.2, 0) is 20.6 Å². The Hall–Kier alpha value is -3.38. The van der Waals surface area contributed by atoms with Gasteiger partial charge in [0.05, 0.1) is 16.9 Å². The largest absolute Gasteiger partial charge is 0.484 e. The third-order valence-corrected chi connectivity index (χ3v) is 5.82. The summed E-state index contributed by atoms with van der Waals surface area (Å²) in [4.78, 5) is 36.8. The lowest BCUT2D eigenvalue weighted by Crippen LogP contribution is -2.30. The van der Waals surface area contributed by atoms with Crippen LogP contribution in [0.2, 0.25) is 0 Å². The van der Waals surface area contributed by atoms with Crippen LogP contribution in [0.3, 0.4) is 0 Å². The first kappa shape index (κ1) is 25.2. The van der Waals surface area contributed by atoms with E-state index < -0.39 is 30.2 Å². The maximum Gasteiger partial charge on any atom is 0.416 e. The van der Waals surface area contributed by atoms with Gasteiger partial charge in [-0.05, 0) is 42.0 Å². The number of hydrogen-bond acceptors (Lipinski definition) is 6. The molecular weight excluding hydrogens is 493 g/mol. The second-order valence-corrected chi connectivity index (χ2v) is 8.64. The number of carboxylic acid groups (broad SMARTS) is 1. The number of ether oxygens (including phenoxy) is 1. The van der Waals surface area contributed by atoms with Crippen molar-refractivity contribution in [1.82, 2.24) is 4.90 Å². The van der Waals surface area contributed by atoms with Crippen molar-refractivity contribution in [3.05, 3.63) is 64.6 Å². The molecule has 7 nitrogen and oxygen atoms in total. The minimum absolute atomic E-state index is 0.000517. The topological polar surface area (TPSA) is 95.9 Å². The van der Waals surface area contributed by atoms with E-state index in [1.54, 1.807) is 30.3 Å². The molecule has 1 heterocycles. The molecule has 178 valence electrons. The zero-order valence-electron chi connectivity index (χ0n) is 17.3. The van der Waals surface area contributed by atoms with Crippen molar-refractivity contribution in [2.45, 2.75) is 12.6 Å². The molecule has 0 atom stereocenters. The van der Waals surface area contributed by atoms with E-state index in [0.29, 0.717) is 16.2 Å². The van der Waals surface area contributed by atoms with Crippen LogP contribution in [0.25, 0.3) is 6.08 Å². The van der Waals surface area contributed by atoms with Gasteiger partial charge in [0.15, 0.2) is 6.61 Å². The molecule has 3 rings (SSSR count). The standard InChI is InChI=1S/C22H17F3N2O5S2/c23-22(24,25)14-2-1-3-15(11-14)26-18(28)12-32-16-6-4-13(5-7-16)10-17-20(31)27(21(33)34-17)9-8-19(29)30/h1-7,10-11H,8-9,12H2,(H,26,28)(H,29,30). The van der Waals surface area contributed by atoms with E-state index >= 15 is 0 Å². The second kappa shape index (κ2) is 10.7. The highest BCUT2D eigenvalue weighted by Crippen LogP contribution is 2.33. The fourth-order valence-electron chi connectivity index (χ4n) is 2.83. The van der Waals surface area contributed by atoms with E-state index in [-0.39, 0.29) is 28.9 Å². The van der Waals surface area contributed by atoms with Crippen LogP contribution in [-0.4, -0.2) is 45.3 Å². The third kappa shape index (κ3) is 6.81. The van der Waals surface area contributed by atoms with Crippen molar-refractivity contribution < 1.29 is 37.4 Å². The number of benzene rings is 2. The molecule has 1 aliphatic heterocycles. The maximum atomic E-state index is 12.8. The number of aliphatic carboxylic acids is 1. The lowest BCUT2D eigenvalue weighted by Gasteiger charge is -2.12. The predicted octanol–water partition coefficient (Wildman–Crippen LogP) is 4.40. The van der Waals surface area contributed by atoms with E-state index in [1.807, 2.05) is 0 Å². The number of carboxylic acids is 1. The summed E-state index contributed by atoms with van der Waals surface area (Å²) < 4.78 is 43.9. The van der Waals surface area contributed by atoms with Crippen LogP contribution in [0.15, 0.2) is 53.4 Å². The number of nitrogens with zero attached hydrogens (tertiary/aromatic N) is 1. The molecule has 2 amide bonds. The summed E-state index contributed by atoms with van der Waals surface area (Å²) in [5.74, 6) is -1.70. The number of nitrogens with one attached hydrogen (secondary N) is 1. The molecule has 12 heteroatoms. The van der Waals surface area contributed by atoms with Crippen molar-refractivity contribution in [2.24, 2.45) is 0 Å². The van der Waals surface area contributed by atoms with E-state index in [2.05, 4.69) is 5.32 Å². The van der Waals surface area contributed by atoms with Crippen LogP contribution < -0.4 is 10.1 Å². The second-order valence-electron chi connectivity index (χ2n) is 6.96. The quantitative estimate of drug-likeness (QED) is 0.402. The van der Waals surface area contributed by atoms with Gasteiger partial charge in [-0.2, -0.15) is 13.2 Å². The third-order valence-electron chi connectivity index (χ3n) is 4.44. The molecule has 1 fully saturated rings. The van der Waals surface area contributed by atoms with E-state index in [0.717, 1.165) is 23.9 Å². The minimum atomic E-state index is -4.52. The highest BCUT2D eigenvalue weighted by Gasteiger charge is 2.32. The number of anilines is 1. The zero-order chi connectivity index (χ0) is 24.9. The van der Waals surface area contributed by atoms with Crippen LogP contribution in [0.4, 0.5) is 18.9 Å². The zero-order valence-corrected chi connectivity index (χ0v) is 18.9.